The number of hydrogen-bond acceptors (Lipinski definition) is 7. The lowest BCUT2D eigenvalue weighted by atomic mass is 10.1. The molecule has 0 unspecified atom stereocenters. The molecule has 0 radical (unpaired) electrons. The zero-order valence-electron chi connectivity index (χ0n) is 23.2. The molecule has 1 heterocycles. The summed E-state index contributed by atoms with van der Waals surface area (Å²) in [6.07, 6.45) is 3.84. The summed E-state index contributed by atoms with van der Waals surface area (Å²) in [7, 11) is 0.228. The molecule has 4 rings (SSSR count). The second-order valence-electron chi connectivity index (χ2n) is 9.57. The van der Waals surface area contributed by atoms with Gasteiger partial charge in [0.1, 0.15) is 24.4 Å². The summed E-state index contributed by atoms with van der Waals surface area (Å²) < 4.78 is 40.3. The van der Waals surface area contributed by atoms with Gasteiger partial charge in [-0.15, -0.1) is 0 Å². The van der Waals surface area contributed by atoms with Gasteiger partial charge in [-0.1, -0.05) is 30.3 Å². The van der Waals surface area contributed by atoms with Crippen molar-refractivity contribution < 1.29 is 22.7 Å². The second-order valence-corrected chi connectivity index (χ2v) is 11.3. The van der Waals surface area contributed by atoms with E-state index in [1.54, 1.807) is 30.5 Å². The highest BCUT2D eigenvalue weighted by Crippen LogP contribution is 2.22. The number of nitrogens with zero attached hydrogens (tertiary/aromatic N) is 3. The first-order chi connectivity index (χ1) is 19.8. The van der Waals surface area contributed by atoms with E-state index in [2.05, 4.69) is 15.0 Å². The normalized spacial score (nSPS) is 11.4. The molecule has 10 nitrogen and oxygen atoms in total. The molecule has 0 aliphatic carbocycles. The molecular formula is C30H35N5O5S. The fraction of sp³-hybridized carbons (Fsp3) is 0.267. The zero-order chi connectivity index (χ0) is 29.1. The Balaban J connectivity index is 1.22. The van der Waals surface area contributed by atoms with E-state index in [9.17, 15) is 13.2 Å². The van der Waals surface area contributed by atoms with Gasteiger partial charge in [0.15, 0.2) is 0 Å². The minimum absolute atomic E-state index is 0.217. The van der Waals surface area contributed by atoms with Crippen LogP contribution < -0.4 is 19.5 Å². The summed E-state index contributed by atoms with van der Waals surface area (Å²) in [6, 6.07) is 23.3. The molecule has 2 N–H and O–H groups in total. The van der Waals surface area contributed by atoms with Crippen molar-refractivity contribution in [2.75, 3.05) is 40.3 Å². The van der Waals surface area contributed by atoms with Crippen LogP contribution >= 0.6 is 0 Å². The second kappa shape index (κ2) is 14.4. The van der Waals surface area contributed by atoms with Crippen molar-refractivity contribution in [2.24, 2.45) is 0 Å². The van der Waals surface area contributed by atoms with Crippen LogP contribution in [0.4, 0.5) is 4.79 Å². The minimum Gasteiger partial charge on any atom is -0.494 e. The topological polar surface area (TPSA) is 115 Å². The Morgan fingerprint density at radius 3 is 2.32 bits per heavy atom. The summed E-state index contributed by atoms with van der Waals surface area (Å²) >= 11 is 0. The number of nitrogens with one attached hydrogen (secondary N) is 2. The van der Waals surface area contributed by atoms with Gasteiger partial charge in [0.05, 0.1) is 17.2 Å². The standard InChI is InChI=1S/C30H35N5O5S/c1-34(2)19-18-33-41(37,38)28-15-9-24(10-16-28)22-40-27-13-11-25(12-14-27)29-21-35(23-32-29)30(36)31-17-6-20-39-26-7-4-3-5-8-26/h3-5,7-16,21,23,33H,6,17-20,22H2,1-2H3,(H,31,36). The fourth-order valence-corrected chi connectivity index (χ4v) is 4.81. The van der Waals surface area contributed by atoms with E-state index in [1.165, 1.54) is 10.9 Å². The first-order valence-corrected chi connectivity index (χ1v) is 14.7. The zero-order valence-corrected chi connectivity index (χ0v) is 24.0. The lowest BCUT2D eigenvalue weighted by Crippen LogP contribution is -2.31. The number of aromatic nitrogens is 2. The Bertz CT molecular complexity index is 1490. The number of likely N-dealkylation sites (N-methyl/N-ethyl adjacent to an activating group) is 1. The van der Waals surface area contributed by atoms with Crippen molar-refractivity contribution >= 4 is 16.1 Å². The summed E-state index contributed by atoms with van der Waals surface area (Å²) in [5.41, 5.74) is 2.35. The van der Waals surface area contributed by atoms with E-state index in [-0.39, 0.29) is 10.9 Å². The smallest absolute Gasteiger partial charge is 0.326 e. The average Bonchev–Trinajstić information content (AvgIpc) is 3.47. The van der Waals surface area contributed by atoms with Gasteiger partial charge in [0, 0.05) is 31.4 Å². The Labute approximate surface area is 241 Å². The number of sulfonamides is 1. The van der Waals surface area contributed by atoms with E-state index in [1.807, 2.05) is 73.6 Å². The lowest BCUT2D eigenvalue weighted by molar-refractivity contribution is 0.240. The first-order valence-electron chi connectivity index (χ1n) is 13.3. The molecule has 41 heavy (non-hydrogen) atoms. The lowest BCUT2D eigenvalue weighted by Gasteiger charge is -2.11. The molecule has 0 atom stereocenters. The van der Waals surface area contributed by atoms with E-state index in [4.69, 9.17) is 9.47 Å². The Kier molecular flexibility index (Phi) is 10.5. The molecule has 0 spiro atoms. The number of amides is 1. The van der Waals surface area contributed by atoms with Gasteiger partial charge in [-0.2, -0.15) is 0 Å². The Hall–Kier alpha value is -4.19. The van der Waals surface area contributed by atoms with Gasteiger partial charge in [-0.05, 0) is 74.6 Å². The van der Waals surface area contributed by atoms with Crippen molar-refractivity contribution in [1.82, 2.24) is 24.5 Å². The molecule has 216 valence electrons. The van der Waals surface area contributed by atoms with E-state index in [0.29, 0.717) is 50.7 Å². The number of ether oxygens (including phenoxy) is 2. The molecule has 1 amide bonds. The average molecular weight is 578 g/mol. The van der Waals surface area contributed by atoms with E-state index >= 15 is 0 Å². The summed E-state index contributed by atoms with van der Waals surface area (Å²) in [4.78, 5) is 18.9. The van der Waals surface area contributed by atoms with Crippen molar-refractivity contribution in [3.8, 4) is 22.8 Å². The Morgan fingerprint density at radius 1 is 0.902 bits per heavy atom. The SMILES string of the molecule is CN(C)CCNS(=O)(=O)c1ccc(COc2ccc(-c3cn(C(=O)NCCCOc4ccccc4)cn3)cc2)cc1. The highest BCUT2D eigenvalue weighted by atomic mass is 32.2. The monoisotopic (exact) mass is 577 g/mol. The molecule has 0 saturated heterocycles. The van der Waals surface area contributed by atoms with E-state index < -0.39 is 10.0 Å². The van der Waals surface area contributed by atoms with Crippen molar-refractivity contribution in [3.63, 3.8) is 0 Å². The number of para-hydroxylation sites is 1. The molecule has 0 fully saturated rings. The van der Waals surface area contributed by atoms with Crippen LogP contribution in [0.1, 0.15) is 12.0 Å². The van der Waals surface area contributed by atoms with Crippen LogP contribution in [0.15, 0.2) is 96.3 Å². The number of hydrogen-bond donors (Lipinski definition) is 2. The summed E-state index contributed by atoms with van der Waals surface area (Å²) in [6.45, 7) is 2.24. The third kappa shape index (κ3) is 9.17. The molecule has 3 aromatic carbocycles. The minimum atomic E-state index is -3.55. The van der Waals surface area contributed by atoms with Gasteiger partial charge in [0.25, 0.3) is 0 Å². The van der Waals surface area contributed by atoms with Crippen LogP contribution in [0.25, 0.3) is 11.3 Å². The number of carbonyl (C=O) groups excluding carboxylic acids is 1. The Morgan fingerprint density at radius 2 is 1.61 bits per heavy atom. The highest BCUT2D eigenvalue weighted by molar-refractivity contribution is 7.89. The number of benzene rings is 3. The molecule has 4 aromatic rings. The molecule has 0 aliphatic heterocycles. The number of rotatable bonds is 14. The summed E-state index contributed by atoms with van der Waals surface area (Å²) in [5, 5.41) is 2.86. The fourth-order valence-electron chi connectivity index (χ4n) is 3.79. The van der Waals surface area contributed by atoms with Crippen LogP contribution in [0, 0.1) is 0 Å². The largest absolute Gasteiger partial charge is 0.494 e. The highest BCUT2D eigenvalue weighted by Gasteiger charge is 2.13. The maximum Gasteiger partial charge on any atom is 0.326 e. The van der Waals surface area contributed by atoms with Gasteiger partial charge in [-0.3, -0.25) is 4.57 Å². The maximum atomic E-state index is 12.5. The molecule has 0 aliphatic rings. The van der Waals surface area contributed by atoms with Gasteiger partial charge in [0.2, 0.25) is 10.0 Å². The number of imidazole rings is 1. The third-order valence-corrected chi connectivity index (χ3v) is 7.54. The van der Waals surface area contributed by atoms with Crippen LogP contribution in [0.2, 0.25) is 0 Å². The van der Waals surface area contributed by atoms with Crippen molar-refractivity contribution in [3.05, 3.63) is 97.0 Å². The first kappa shape index (κ1) is 29.8. The third-order valence-electron chi connectivity index (χ3n) is 6.07. The molecule has 11 heteroatoms. The summed E-state index contributed by atoms with van der Waals surface area (Å²) in [5.74, 6) is 1.46. The predicted octanol–water partition coefficient (Wildman–Crippen LogP) is 4.00. The quantitative estimate of drug-likeness (QED) is 0.218. The van der Waals surface area contributed by atoms with Crippen LogP contribution in [-0.4, -0.2) is 69.2 Å². The van der Waals surface area contributed by atoms with Gasteiger partial charge >= 0.3 is 6.03 Å². The van der Waals surface area contributed by atoms with Gasteiger partial charge < -0.3 is 19.7 Å². The molecule has 0 saturated carbocycles. The predicted molar refractivity (Wildman–Crippen MR) is 158 cm³/mol. The molecule has 0 bridgehead atoms. The molecular weight excluding hydrogens is 542 g/mol. The van der Waals surface area contributed by atoms with Crippen LogP contribution in [0.5, 0.6) is 11.5 Å². The van der Waals surface area contributed by atoms with Crippen molar-refractivity contribution in [2.45, 2.75) is 17.9 Å². The van der Waals surface area contributed by atoms with E-state index in [0.717, 1.165) is 16.9 Å². The van der Waals surface area contributed by atoms with Crippen LogP contribution in [0.3, 0.4) is 0 Å². The molecule has 1 aromatic heterocycles. The van der Waals surface area contributed by atoms with Crippen molar-refractivity contribution in [1.29, 1.82) is 0 Å². The maximum absolute atomic E-state index is 12.5. The number of carbonyl (C=O) groups is 1. The van der Waals surface area contributed by atoms with Crippen LogP contribution in [-0.2, 0) is 16.6 Å². The van der Waals surface area contributed by atoms with Gasteiger partial charge in [-0.25, -0.2) is 22.9 Å².